The molecule has 51 heavy (non-hydrogen) atoms. The topological polar surface area (TPSA) is 164 Å². The minimum absolute atomic E-state index is 0.0925. The summed E-state index contributed by atoms with van der Waals surface area (Å²) in [6.45, 7) is 3.83. The van der Waals surface area contributed by atoms with Crippen LogP contribution in [0.5, 0.6) is 0 Å². The average Bonchev–Trinajstić information content (AvgIpc) is 3.85. The van der Waals surface area contributed by atoms with Crippen LogP contribution in [0, 0.1) is 11.3 Å². The number of nitrogens with one attached hydrogen (secondary N) is 4. The van der Waals surface area contributed by atoms with Gasteiger partial charge in [0.2, 0.25) is 11.8 Å². The van der Waals surface area contributed by atoms with Crippen LogP contribution < -0.4 is 20.9 Å². The fourth-order valence-corrected chi connectivity index (χ4v) is 8.01. The van der Waals surface area contributed by atoms with Crippen LogP contribution in [0.1, 0.15) is 77.8 Å². The van der Waals surface area contributed by atoms with E-state index in [1.54, 1.807) is 24.4 Å². The van der Waals surface area contributed by atoms with Crippen LogP contribution >= 0.6 is 0 Å². The van der Waals surface area contributed by atoms with Crippen molar-refractivity contribution in [3.05, 3.63) is 65.6 Å². The van der Waals surface area contributed by atoms with Gasteiger partial charge in [-0.05, 0) is 94.3 Å². The molecule has 0 bridgehead atoms. The number of likely N-dealkylation sites (N-methyl/N-ethyl adjacent to an activating group) is 1. The third-order valence-electron chi connectivity index (χ3n) is 11.4. The monoisotopic (exact) mass is 689 g/mol. The van der Waals surface area contributed by atoms with E-state index in [0.29, 0.717) is 28.8 Å². The molecule has 13 nitrogen and oxygen atoms in total. The summed E-state index contributed by atoms with van der Waals surface area (Å²) >= 11 is 0. The van der Waals surface area contributed by atoms with Gasteiger partial charge in [0.05, 0.1) is 34.1 Å². The summed E-state index contributed by atoms with van der Waals surface area (Å²) < 4.78 is 0. The van der Waals surface area contributed by atoms with E-state index in [2.05, 4.69) is 49.9 Å². The summed E-state index contributed by atoms with van der Waals surface area (Å²) in [5.41, 5.74) is 5.89. The zero-order valence-corrected chi connectivity index (χ0v) is 28.8. The van der Waals surface area contributed by atoms with E-state index in [0.717, 1.165) is 73.5 Å². The van der Waals surface area contributed by atoms with E-state index in [1.807, 2.05) is 12.3 Å². The Morgan fingerprint density at radius 2 is 1.86 bits per heavy atom. The zero-order chi connectivity index (χ0) is 35.3. The first kappa shape index (κ1) is 33.0. The molecule has 4 amide bonds. The van der Waals surface area contributed by atoms with Gasteiger partial charge in [-0.15, -0.1) is 0 Å². The van der Waals surface area contributed by atoms with Crippen molar-refractivity contribution in [2.45, 2.75) is 69.0 Å². The average molecular weight is 690 g/mol. The maximum Gasteiger partial charge on any atom is 0.262 e. The van der Waals surface area contributed by atoms with Crippen LogP contribution in [0.3, 0.4) is 0 Å². The Morgan fingerprint density at radius 1 is 1.04 bits per heavy atom. The third-order valence-corrected chi connectivity index (χ3v) is 11.4. The molecular formula is C38H43N9O4. The van der Waals surface area contributed by atoms with Gasteiger partial charge < -0.3 is 20.9 Å². The summed E-state index contributed by atoms with van der Waals surface area (Å²) in [5, 5.41) is 17.2. The Kier molecular flexibility index (Phi) is 8.53. The zero-order valence-electron chi connectivity index (χ0n) is 28.8. The third kappa shape index (κ3) is 6.35. The molecule has 1 spiro atoms. The van der Waals surface area contributed by atoms with Gasteiger partial charge >= 0.3 is 0 Å². The van der Waals surface area contributed by atoms with Crippen LogP contribution in [0.15, 0.2) is 48.8 Å². The molecule has 13 heteroatoms. The number of carbonyl (C=O) groups excluding carboxylic acids is 4. The maximum atomic E-state index is 13.1. The van der Waals surface area contributed by atoms with Crippen molar-refractivity contribution >= 4 is 57.8 Å². The Bertz CT molecular complexity index is 1970. The first-order chi connectivity index (χ1) is 24.7. The van der Waals surface area contributed by atoms with Crippen LogP contribution in [-0.2, 0) is 9.59 Å². The number of imide groups is 2. The van der Waals surface area contributed by atoms with Gasteiger partial charge in [0, 0.05) is 73.5 Å². The molecule has 1 aromatic heterocycles. The van der Waals surface area contributed by atoms with Crippen LogP contribution in [-0.4, -0.2) is 100 Å². The molecule has 2 saturated heterocycles. The number of hydrogen-bond acceptors (Lipinski definition) is 11. The van der Waals surface area contributed by atoms with E-state index in [4.69, 9.17) is 10.4 Å². The second-order valence-corrected chi connectivity index (χ2v) is 14.7. The molecule has 3 aromatic rings. The maximum absolute atomic E-state index is 13.1. The van der Waals surface area contributed by atoms with E-state index in [-0.39, 0.29) is 24.0 Å². The number of piperidine rings is 1. The summed E-state index contributed by atoms with van der Waals surface area (Å²) in [6.07, 6.45) is 11.8. The molecule has 4 fully saturated rings. The number of piperazine rings is 1. The molecule has 4 N–H and O–H groups in total. The quantitative estimate of drug-likeness (QED) is 0.133. The number of hydrogen-bond donors (Lipinski definition) is 4. The standard InChI is InChI=1S/C38H43N9O4/c1-45-13-14-46(22-38(45)10-11-38)27-5-7-30-31(18-27)43-32(21-42-30)24(19-39)20-41-26-15-23(16-26)3-2-12-40-25-4-6-28-29(17-25)37(51)47(36(28)50)33-8-9-34(48)44-35(33)49/h4-7,17-21,23,26,33,39-41H,2-3,8-16,22H2,1H3,(H,44,48,49)/b24-20+,39-19?/t23-,26-,33?. The molecule has 0 radical (unpaired) electrons. The number of benzene rings is 2. The number of carbonyl (C=O) groups is 4. The number of nitrogens with zero attached hydrogens (tertiary/aromatic N) is 5. The molecule has 2 aliphatic carbocycles. The van der Waals surface area contributed by atoms with Crippen LogP contribution in [0.25, 0.3) is 16.6 Å². The Morgan fingerprint density at radius 3 is 2.65 bits per heavy atom. The lowest BCUT2D eigenvalue weighted by atomic mass is 9.77. The van der Waals surface area contributed by atoms with Gasteiger partial charge in [-0.25, -0.2) is 4.98 Å². The molecular weight excluding hydrogens is 646 g/mol. The highest BCUT2D eigenvalue weighted by Gasteiger charge is 2.49. The summed E-state index contributed by atoms with van der Waals surface area (Å²) in [7, 11) is 2.24. The Hall–Kier alpha value is -5.17. The van der Waals surface area contributed by atoms with Crippen molar-refractivity contribution in [2.75, 3.05) is 43.4 Å². The second kappa shape index (κ2) is 13.2. The fourth-order valence-electron chi connectivity index (χ4n) is 8.01. The minimum Gasteiger partial charge on any atom is -0.388 e. The largest absolute Gasteiger partial charge is 0.388 e. The second-order valence-electron chi connectivity index (χ2n) is 14.7. The molecule has 1 unspecified atom stereocenters. The smallest absolute Gasteiger partial charge is 0.262 e. The molecule has 3 aliphatic heterocycles. The molecule has 5 aliphatic rings. The normalized spacial score (nSPS) is 24.4. The van der Waals surface area contributed by atoms with Crippen LogP contribution in [0.2, 0.25) is 0 Å². The minimum atomic E-state index is -0.970. The Labute approximate surface area is 296 Å². The lowest BCUT2D eigenvalue weighted by Gasteiger charge is -2.41. The van der Waals surface area contributed by atoms with E-state index < -0.39 is 29.7 Å². The van der Waals surface area contributed by atoms with E-state index >= 15 is 0 Å². The summed E-state index contributed by atoms with van der Waals surface area (Å²) in [4.78, 5) is 65.4. The highest BCUT2D eigenvalue weighted by atomic mass is 16.2. The SMILES string of the molecule is CN1CCN(c2ccc3ncc(/C(C=N)=C/N[C@H]4C[C@H](CCCNc5ccc6c(c5)C(=O)N(C5CCC(=O)NC5=O)C6=O)C4)nc3c2)CC12CC2. The number of amides is 4. The van der Waals surface area contributed by atoms with Gasteiger partial charge in [0.15, 0.2) is 0 Å². The van der Waals surface area contributed by atoms with Gasteiger partial charge in [0.25, 0.3) is 11.8 Å². The highest BCUT2D eigenvalue weighted by Crippen LogP contribution is 2.44. The predicted octanol–water partition coefficient (Wildman–Crippen LogP) is 3.57. The number of anilines is 2. The first-order valence-corrected chi connectivity index (χ1v) is 18.0. The molecule has 264 valence electrons. The molecule has 4 heterocycles. The lowest BCUT2D eigenvalue weighted by molar-refractivity contribution is -0.136. The van der Waals surface area contributed by atoms with Crippen molar-refractivity contribution in [1.82, 2.24) is 30.4 Å². The van der Waals surface area contributed by atoms with Gasteiger partial charge in [0.1, 0.15) is 6.04 Å². The lowest BCUT2D eigenvalue weighted by Crippen LogP contribution is -2.54. The molecule has 2 aromatic carbocycles. The number of aromatic nitrogens is 2. The number of fused-ring (bicyclic) bond motifs is 2. The van der Waals surface area contributed by atoms with Crippen molar-refractivity contribution < 1.29 is 19.2 Å². The molecule has 1 atom stereocenters. The predicted molar refractivity (Wildman–Crippen MR) is 194 cm³/mol. The van der Waals surface area contributed by atoms with Crippen molar-refractivity contribution in [1.29, 1.82) is 5.41 Å². The van der Waals surface area contributed by atoms with Gasteiger partial charge in [-0.2, -0.15) is 0 Å². The van der Waals surface area contributed by atoms with E-state index in [1.165, 1.54) is 24.7 Å². The number of allylic oxidation sites excluding steroid dienone is 1. The summed E-state index contributed by atoms with van der Waals surface area (Å²) in [6, 6.07) is 10.8. The highest BCUT2D eigenvalue weighted by molar-refractivity contribution is 6.23. The molecule has 2 saturated carbocycles. The summed E-state index contributed by atoms with van der Waals surface area (Å²) in [5.74, 6) is -1.41. The van der Waals surface area contributed by atoms with Crippen molar-refractivity contribution in [3.63, 3.8) is 0 Å². The first-order valence-electron chi connectivity index (χ1n) is 18.0. The Balaban J connectivity index is 0.802. The number of rotatable bonds is 11. The fraction of sp³-hybridized carbons (Fsp3) is 0.447. The van der Waals surface area contributed by atoms with Crippen molar-refractivity contribution in [2.24, 2.45) is 5.92 Å². The van der Waals surface area contributed by atoms with Gasteiger partial charge in [-0.3, -0.25) is 39.3 Å². The van der Waals surface area contributed by atoms with Gasteiger partial charge in [-0.1, -0.05) is 0 Å². The van der Waals surface area contributed by atoms with E-state index in [9.17, 15) is 19.2 Å². The van der Waals surface area contributed by atoms with Crippen LogP contribution in [0.4, 0.5) is 11.4 Å². The molecule has 8 rings (SSSR count). The van der Waals surface area contributed by atoms with Crippen molar-refractivity contribution in [3.8, 4) is 0 Å².